The molecule has 0 bridgehead atoms. The molecule has 0 saturated heterocycles. The van der Waals surface area contributed by atoms with Crippen LogP contribution in [-0.2, 0) is 11.3 Å². The second-order valence-electron chi connectivity index (χ2n) is 4.89. The molecule has 2 atom stereocenters. The molecule has 2 unspecified atom stereocenters. The van der Waals surface area contributed by atoms with Crippen LogP contribution in [0.4, 0.5) is 0 Å². The van der Waals surface area contributed by atoms with E-state index in [1.54, 1.807) is 7.11 Å². The van der Waals surface area contributed by atoms with Gasteiger partial charge >= 0.3 is 0 Å². The molecule has 0 aliphatic carbocycles. The Morgan fingerprint density at radius 1 is 1.44 bits per heavy atom. The summed E-state index contributed by atoms with van der Waals surface area (Å²) in [6, 6.07) is 0.321. The number of nitrogens with one attached hydrogen (secondary N) is 1. The highest BCUT2D eigenvalue weighted by molar-refractivity contribution is 5.00. The SMILES string of the molecule is CCCn1ccnc1C(CC(C)COC)NCC. The van der Waals surface area contributed by atoms with Crippen molar-refractivity contribution in [1.29, 1.82) is 0 Å². The lowest BCUT2D eigenvalue weighted by atomic mass is 10.0. The van der Waals surface area contributed by atoms with E-state index in [0.29, 0.717) is 12.0 Å². The Morgan fingerprint density at radius 2 is 2.22 bits per heavy atom. The maximum Gasteiger partial charge on any atom is 0.125 e. The van der Waals surface area contributed by atoms with Gasteiger partial charge in [0, 0.05) is 32.7 Å². The quantitative estimate of drug-likeness (QED) is 0.735. The van der Waals surface area contributed by atoms with Gasteiger partial charge in [-0.25, -0.2) is 4.98 Å². The summed E-state index contributed by atoms with van der Waals surface area (Å²) in [6.07, 6.45) is 6.17. The second-order valence-corrected chi connectivity index (χ2v) is 4.89. The van der Waals surface area contributed by atoms with E-state index < -0.39 is 0 Å². The van der Waals surface area contributed by atoms with Crippen LogP contribution in [0.15, 0.2) is 12.4 Å². The molecule has 0 spiro atoms. The minimum absolute atomic E-state index is 0.321. The van der Waals surface area contributed by atoms with E-state index >= 15 is 0 Å². The molecule has 18 heavy (non-hydrogen) atoms. The first-order chi connectivity index (χ1) is 8.72. The molecule has 1 N–H and O–H groups in total. The van der Waals surface area contributed by atoms with Gasteiger partial charge in [0.25, 0.3) is 0 Å². The molecule has 0 aromatic carbocycles. The normalized spacial score (nSPS) is 14.7. The van der Waals surface area contributed by atoms with Gasteiger partial charge in [-0.3, -0.25) is 0 Å². The highest BCUT2D eigenvalue weighted by Gasteiger charge is 2.18. The van der Waals surface area contributed by atoms with Gasteiger partial charge < -0.3 is 14.6 Å². The maximum absolute atomic E-state index is 5.22. The number of ether oxygens (including phenoxy) is 1. The zero-order valence-corrected chi connectivity index (χ0v) is 12.1. The van der Waals surface area contributed by atoms with Crippen molar-refractivity contribution in [2.75, 3.05) is 20.3 Å². The lowest BCUT2D eigenvalue weighted by molar-refractivity contribution is 0.148. The van der Waals surface area contributed by atoms with Gasteiger partial charge in [0.15, 0.2) is 0 Å². The molecule has 1 aromatic heterocycles. The Kier molecular flexibility index (Phi) is 6.98. The van der Waals surface area contributed by atoms with Crippen LogP contribution >= 0.6 is 0 Å². The van der Waals surface area contributed by atoms with Crippen molar-refractivity contribution in [3.8, 4) is 0 Å². The Morgan fingerprint density at radius 3 is 2.83 bits per heavy atom. The van der Waals surface area contributed by atoms with E-state index in [0.717, 1.165) is 38.4 Å². The summed E-state index contributed by atoms with van der Waals surface area (Å²) in [7, 11) is 1.76. The molecule has 0 aliphatic rings. The van der Waals surface area contributed by atoms with E-state index in [4.69, 9.17) is 4.74 Å². The number of nitrogens with zero attached hydrogens (tertiary/aromatic N) is 2. The lowest BCUT2D eigenvalue weighted by Gasteiger charge is -2.22. The Bertz CT molecular complexity index is 325. The number of aromatic nitrogens is 2. The van der Waals surface area contributed by atoms with E-state index in [1.165, 1.54) is 0 Å². The van der Waals surface area contributed by atoms with Crippen molar-refractivity contribution in [2.45, 2.75) is 46.2 Å². The molecule has 0 fully saturated rings. The molecule has 1 heterocycles. The fourth-order valence-corrected chi connectivity index (χ4v) is 2.34. The van der Waals surface area contributed by atoms with Crippen molar-refractivity contribution in [2.24, 2.45) is 5.92 Å². The number of rotatable bonds is 9. The summed E-state index contributed by atoms with van der Waals surface area (Å²) < 4.78 is 7.48. The van der Waals surface area contributed by atoms with Crippen molar-refractivity contribution < 1.29 is 4.74 Å². The Labute approximate surface area is 111 Å². The van der Waals surface area contributed by atoms with E-state index in [2.05, 4.69) is 41.8 Å². The minimum atomic E-state index is 0.321. The third-order valence-corrected chi connectivity index (χ3v) is 3.06. The molecule has 0 aliphatic heterocycles. The zero-order valence-electron chi connectivity index (χ0n) is 12.1. The van der Waals surface area contributed by atoms with Crippen LogP contribution in [-0.4, -0.2) is 29.8 Å². The summed E-state index contributed by atoms with van der Waals surface area (Å²) in [5.41, 5.74) is 0. The van der Waals surface area contributed by atoms with E-state index in [-0.39, 0.29) is 0 Å². The minimum Gasteiger partial charge on any atom is -0.384 e. The molecule has 4 nitrogen and oxygen atoms in total. The average Bonchev–Trinajstić information content (AvgIpc) is 2.77. The van der Waals surface area contributed by atoms with Gasteiger partial charge in [-0.15, -0.1) is 0 Å². The number of methoxy groups -OCH3 is 1. The van der Waals surface area contributed by atoms with Gasteiger partial charge in [0.05, 0.1) is 6.04 Å². The fraction of sp³-hybridized carbons (Fsp3) is 0.786. The predicted octanol–water partition coefficient (Wildman–Crippen LogP) is 2.62. The van der Waals surface area contributed by atoms with Gasteiger partial charge in [0.1, 0.15) is 5.82 Å². The van der Waals surface area contributed by atoms with Gasteiger partial charge in [0.2, 0.25) is 0 Å². The highest BCUT2D eigenvalue weighted by Crippen LogP contribution is 2.20. The maximum atomic E-state index is 5.22. The standard InChI is InChI=1S/C14H27N3O/c1-5-8-17-9-7-16-14(17)13(15-6-2)10-12(3)11-18-4/h7,9,12-13,15H,5-6,8,10-11H2,1-4H3. The summed E-state index contributed by atoms with van der Waals surface area (Å²) in [5, 5.41) is 3.53. The predicted molar refractivity (Wildman–Crippen MR) is 74.6 cm³/mol. The van der Waals surface area contributed by atoms with Crippen LogP contribution in [0.3, 0.4) is 0 Å². The van der Waals surface area contributed by atoms with Crippen molar-refractivity contribution in [1.82, 2.24) is 14.9 Å². The molecule has 104 valence electrons. The summed E-state index contributed by atoms with van der Waals surface area (Å²) in [6.45, 7) is 9.36. The fourth-order valence-electron chi connectivity index (χ4n) is 2.34. The smallest absolute Gasteiger partial charge is 0.125 e. The molecule has 4 heteroatoms. The number of aryl methyl sites for hydroxylation is 1. The van der Waals surface area contributed by atoms with Gasteiger partial charge in [-0.2, -0.15) is 0 Å². The molecular formula is C14H27N3O. The van der Waals surface area contributed by atoms with Crippen molar-refractivity contribution >= 4 is 0 Å². The molecule has 1 aromatic rings. The van der Waals surface area contributed by atoms with Crippen molar-refractivity contribution in [3.63, 3.8) is 0 Å². The number of imidazole rings is 1. The van der Waals surface area contributed by atoms with Gasteiger partial charge in [-0.1, -0.05) is 20.8 Å². The molecule has 1 rings (SSSR count). The highest BCUT2D eigenvalue weighted by atomic mass is 16.5. The first-order valence-corrected chi connectivity index (χ1v) is 6.96. The number of hydrogen-bond donors (Lipinski definition) is 1. The number of hydrogen-bond acceptors (Lipinski definition) is 3. The molecular weight excluding hydrogens is 226 g/mol. The summed E-state index contributed by atoms with van der Waals surface area (Å²) in [5.74, 6) is 1.69. The van der Waals surface area contributed by atoms with E-state index in [9.17, 15) is 0 Å². The van der Waals surface area contributed by atoms with Crippen LogP contribution in [0.2, 0.25) is 0 Å². The summed E-state index contributed by atoms with van der Waals surface area (Å²) >= 11 is 0. The Balaban J connectivity index is 2.73. The largest absolute Gasteiger partial charge is 0.384 e. The zero-order chi connectivity index (χ0) is 13.4. The van der Waals surface area contributed by atoms with Crippen molar-refractivity contribution in [3.05, 3.63) is 18.2 Å². The van der Waals surface area contributed by atoms with Gasteiger partial charge in [-0.05, 0) is 25.3 Å². The monoisotopic (exact) mass is 253 g/mol. The second kappa shape index (κ2) is 8.27. The topological polar surface area (TPSA) is 39.1 Å². The van der Waals surface area contributed by atoms with Crippen LogP contribution in [0.1, 0.15) is 45.5 Å². The van der Waals surface area contributed by atoms with Crippen LogP contribution < -0.4 is 5.32 Å². The summed E-state index contributed by atoms with van der Waals surface area (Å²) in [4.78, 5) is 4.53. The molecule has 0 amide bonds. The van der Waals surface area contributed by atoms with E-state index in [1.807, 2.05) is 6.20 Å². The van der Waals surface area contributed by atoms with Crippen LogP contribution in [0.5, 0.6) is 0 Å². The molecule has 0 saturated carbocycles. The first kappa shape index (κ1) is 15.2. The third kappa shape index (κ3) is 4.42. The molecule has 0 radical (unpaired) electrons. The first-order valence-electron chi connectivity index (χ1n) is 6.96. The lowest BCUT2D eigenvalue weighted by Crippen LogP contribution is -2.27. The third-order valence-electron chi connectivity index (χ3n) is 3.06. The van der Waals surface area contributed by atoms with Crippen LogP contribution in [0.25, 0.3) is 0 Å². The average molecular weight is 253 g/mol. The van der Waals surface area contributed by atoms with Crippen LogP contribution in [0, 0.1) is 5.92 Å². The Hall–Kier alpha value is -0.870.